The molecule has 1 aliphatic rings. The average Bonchev–Trinajstić information content (AvgIpc) is 3.20. The quantitative estimate of drug-likeness (QED) is 0.567. The molecule has 0 saturated heterocycles. The second-order valence-corrected chi connectivity index (χ2v) is 7.18. The molecule has 1 aromatic heterocycles. The molecular weight excluding hydrogens is 455 g/mol. The highest BCUT2D eigenvalue weighted by Gasteiger charge is 2.42. The van der Waals surface area contributed by atoms with Gasteiger partial charge in [-0.15, -0.1) is 23.4 Å². The Morgan fingerprint density at radius 3 is 2.56 bits per heavy atom. The summed E-state index contributed by atoms with van der Waals surface area (Å²) in [6, 6.07) is 6.63. The summed E-state index contributed by atoms with van der Waals surface area (Å²) in [5.41, 5.74) is 0.509. The number of halogens is 4. The average molecular weight is 478 g/mol. The molecule has 1 heterocycles. The molecule has 8 nitrogen and oxygen atoms in total. The molecule has 1 fully saturated rings. The molecule has 0 spiro atoms. The van der Waals surface area contributed by atoms with Crippen molar-refractivity contribution in [3.8, 4) is 5.75 Å². The van der Waals surface area contributed by atoms with Crippen molar-refractivity contribution in [3.05, 3.63) is 47.6 Å². The maximum atomic E-state index is 12.2. The van der Waals surface area contributed by atoms with Gasteiger partial charge >= 0.3 is 6.36 Å². The first-order chi connectivity index (χ1) is 15.2. The number of hydrogen-bond acceptors (Lipinski definition) is 7. The molecule has 1 amide bonds. The summed E-state index contributed by atoms with van der Waals surface area (Å²) >= 11 is 5.78. The number of benzene rings is 1. The first-order valence-corrected chi connectivity index (χ1v) is 9.93. The number of rotatable bonds is 9. The molecule has 12 heteroatoms. The number of aromatic nitrogens is 2. The van der Waals surface area contributed by atoms with Gasteiger partial charge in [0.15, 0.2) is 6.61 Å². The van der Waals surface area contributed by atoms with E-state index in [0.717, 1.165) is 7.11 Å². The molecule has 1 aliphatic carbocycles. The van der Waals surface area contributed by atoms with E-state index in [1.165, 1.54) is 0 Å². The fourth-order valence-electron chi connectivity index (χ4n) is 2.79. The van der Waals surface area contributed by atoms with Crippen molar-refractivity contribution in [1.82, 2.24) is 15.5 Å². The van der Waals surface area contributed by atoms with Crippen LogP contribution in [0.3, 0.4) is 0 Å². The van der Waals surface area contributed by atoms with E-state index in [4.69, 9.17) is 25.9 Å². The molecule has 2 aromatic rings. The highest BCUT2D eigenvalue weighted by molar-refractivity contribution is 6.30. The summed E-state index contributed by atoms with van der Waals surface area (Å²) < 4.78 is 51.3. The van der Waals surface area contributed by atoms with Gasteiger partial charge in [-0.25, -0.2) is 0 Å². The Balaban J connectivity index is 0.00000176. The second-order valence-electron chi connectivity index (χ2n) is 6.75. The van der Waals surface area contributed by atoms with Crippen molar-refractivity contribution in [3.63, 3.8) is 0 Å². The minimum Gasteiger partial charge on any atom is -0.484 e. The number of carbonyl (C=O) groups is 1. The fraction of sp³-hybridized carbons (Fsp3) is 0.450. The number of aliphatic hydroxyl groups is 1. The summed E-state index contributed by atoms with van der Waals surface area (Å²) in [7, 11) is 1.00. The van der Waals surface area contributed by atoms with Crippen molar-refractivity contribution in [2.45, 2.75) is 37.6 Å². The number of hydrogen-bond donors (Lipinski definition) is 2. The highest BCUT2D eigenvalue weighted by Crippen LogP contribution is 2.41. The summed E-state index contributed by atoms with van der Waals surface area (Å²) in [4.78, 5) is 11.8. The van der Waals surface area contributed by atoms with Crippen LogP contribution in [0.15, 0.2) is 35.3 Å². The predicted octanol–water partition coefficient (Wildman–Crippen LogP) is 3.71. The molecule has 0 radical (unpaired) electrons. The van der Waals surface area contributed by atoms with Gasteiger partial charge in [0, 0.05) is 30.2 Å². The Morgan fingerprint density at radius 2 is 1.94 bits per heavy atom. The topological polar surface area (TPSA) is 107 Å². The van der Waals surface area contributed by atoms with Gasteiger partial charge in [0.05, 0.1) is 6.10 Å². The lowest BCUT2D eigenvalue weighted by Crippen LogP contribution is -2.34. The predicted molar refractivity (Wildman–Crippen MR) is 109 cm³/mol. The van der Waals surface area contributed by atoms with E-state index in [1.54, 1.807) is 24.3 Å². The maximum Gasteiger partial charge on any atom is 0.522 e. The number of nitrogens with one attached hydrogen (secondary N) is 1. The smallest absolute Gasteiger partial charge is 0.484 e. The zero-order valence-electron chi connectivity index (χ0n) is 17.2. The van der Waals surface area contributed by atoms with Crippen LogP contribution in [0.1, 0.15) is 37.0 Å². The molecule has 3 rings (SSSR count). The van der Waals surface area contributed by atoms with E-state index >= 15 is 0 Å². The van der Waals surface area contributed by atoms with Crippen LogP contribution in [0.25, 0.3) is 5.57 Å². The van der Waals surface area contributed by atoms with Gasteiger partial charge in [0.1, 0.15) is 5.75 Å². The third kappa shape index (κ3) is 8.13. The monoisotopic (exact) mass is 477 g/mol. The molecule has 0 unspecified atom stereocenters. The Morgan fingerprint density at radius 1 is 1.28 bits per heavy atom. The zero-order valence-corrected chi connectivity index (χ0v) is 17.9. The lowest BCUT2D eigenvalue weighted by Gasteiger charge is -2.32. The van der Waals surface area contributed by atoms with Crippen LogP contribution in [0.4, 0.5) is 13.2 Å². The van der Waals surface area contributed by atoms with Crippen molar-refractivity contribution >= 4 is 23.1 Å². The standard InChI is InChI=1S/C19H19ClF3N3O4.CH4O/c1-11(6-7-24-16(27)10-28-14-4-2-13(20)3-5-14)17-25-26-18(29-17)12-8-15(9-12)30-19(21,22)23;1-2/h2-5,12,15H,1,6-10H2,(H,24,27);2H,1H3. The van der Waals surface area contributed by atoms with Crippen molar-refractivity contribution < 1.29 is 37.0 Å². The van der Waals surface area contributed by atoms with Crippen LogP contribution in [-0.4, -0.2) is 53.9 Å². The van der Waals surface area contributed by atoms with Crippen LogP contribution < -0.4 is 10.1 Å². The van der Waals surface area contributed by atoms with Gasteiger partial charge in [-0.3, -0.25) is 9.53 Å². The van der Waals surface area contributed by atoms with E-state index in [2.05, 4.69) is 26.8 Å². The summed E-state index contributed by atoms with van der Waals surface area (Å²) in [6.45, 7) is 3.97. The van der Waals surface area contributed by atoms with Crippen LogP contribution in [0.5, 0.6) is 5.75 Å². The zero-order chi connectivity index (χ0) is 23.7. The van der Waals surface area contributed by atoms with E-state index in [-0.39, 0.29) is 49.6 Å². The van der Waals surface area contributed by atoms with E-state index in [9.17, 15) is 18.0 Å². The first kappa shape index (κ1) is 25.6. The number of alkyl halides is 3. The van der Waals surface area contributed by atoms with Crippen molar-refractivity contribution in [2.75, 3.05) is 20.3 Å². The lowest BCUT2D eigenvalue weighted by atomic mass is 9.82. The number of carbonyl (C=O) groups excluding carboxylic acids is 1. The Kier molecular flexibility index (Phi) is 9.48. The number of nitrogens with zero attached hydrogens (tertiary/aromatic N) is 2. The molecule has 176 valence electrons. The van der Waals surface area contributed by atoms with Gasteiger partial charge in [-0.05, 0) is 43.5 Å². The minimum atomic E-state index is -4.64. The molecule has 1 aromatic carbocycles. The van der Waals surface area contributed by atoms with Gasteiger partial charge in [0.2, 0.25) is 11.8 Å². The molecule has 1 saturated carbocycles. The maximum absolute atomic E-state index is 12.2. The molecule has 2 N–H and O–H groups in total. The third-order valence-electron chi connectivity index (χ3n) is 4.42. The summed E-state index contributed by atoms with van der Waals surface area (Å²) in [5, 5.41) is 18.0. The number of amides is 1. The Hall–Kier alpha value is -2.63. The minimum absolute atomic E-state index is 0.151. The number of ether oxygens (including phenoxy) is 2. The van der Waals surface area contributed by atoms with Gasteiger partial charge < -0.3 is 19.6 Å². The first-order valence-electron chi connectivity index (χ1n) is 9.55. The summed E-state index contributed by atoms with van der Waals surface area (Å²) in [6.07, 6.45) is -4.85. The van der Waals surface area contributed by atoms with Crippen LogP contribution in [0, 0.1) is 0 Å². The SMILES string of the molecule is C=C(CCNC(=O)COc1ccc(Cl)cc1)c1nnc(C2CC(OC(F)(F)F)C2)o1.CO. The van der Waals surface area contributed by atoms with E-state index < -0.39 is 12.5 Å². The normalized spacial score (nSPS) is 17.6. The highest BCUT2D eigenvalue weighted by atomic mass is 35.5. The largest absolute Gasteiger partial charge is 0.522 e. The van der Waals surface area contributed by atoms with Gasteiger partial charge in [-0.1, -0.05) is 18.2 Å². The molecule has 0 aliphatic heterocycles. The van der Waals surface area contributed by atoms with Crippen molar-refractivity contribution in [2.24, 2.45) is 0 Å². The van der Waals surface area contributed by atoms with Crippen molar-refractivity contribution in [1.29, 1.82) is 0 Å². The fourth-order valence-corrected chi connectivity index (χ4v) is 2.91. The Bertz CT molecular complexity index is 883. The second kappa shape index (κ2) is 11.8. The number of aliphatic hydroxyl groups excluding tert-OH is 1. The Labute approximate surface area is 187 Å². The summed E-state index contributed by atoms with van der Waals surface area (Å²) in [5.74, 6) is 0.395. The molecule has 0 bridgehead atoms. The molecule has 32 heavy (non-hydrogen) atoms. The van der Waals surface area contributed by atoms with E-state index in [1.807, 2.05) is 0 Å². The van der Waals surface area contributed by atoms with Gasteiger partial charge in [-0.2, -0.15) is 0 Å². The van der Waals surface area contributed by atoms with E-state index in [0.29, 0.717) is 22.8 Å². The molecule has 0 atom stereocenters. The van der Waals surface area contributed by atoms with Gasteiger partial charge in [0.25, 0.3) is 5.91 Å². The third-order valence-corrected chi connectivity index (χ3v) is 4.67. The lowest BCUT2D eigenvalue weighted by molar-refractivity contribution is -0.352. The molecular formula is C20H23ClF3N3O5. The van der Waals surface area contributed by atoms with Crippen LogP contribution in [-0.2, 0) is 9.53 Å². The van der Waals surface area contributed by atoms with Crippen LogP contribution >= 0.6 is 11.6 Å². The van der Waals surface area contributed by atoms with Crippen LogP contribution in [0.2, 0.25) is 5.02 Å².